The average molecular weight is 383 g/mol. The number of benzene rings is 2. The molecule has 2 heterocycles. The topological polar surface area (TPSA) is 41.1 Å². The molecule has 0 bridgehead atoms. The summed E-state index contributed by atoms with van der Waals surface area (Å²) in [7, 11) is 1.67. The van der Waals surface area contributed by atoms with E-state index in [-0.39, 0.29) is 11.1 Å². The van der Waals surface area contributed by atoms with Gasteiger partial charge in [0, 0.05) is 22.3 Å². The molecule has 0 unspecified atom stereocenters. The summed E-state index contributed by atoms with van der Waals surface area (Å²) < 4.78 is 19.8. The van der Waals surface area contributed by atoms with Crippen molar-refractivity contribution in [3.8, 4) is 5.75 Å². The van der Waals surface area contributed by atoms with Crippen molar-refractivity contribution in [3.63, 3.8) is 0 Å². The van der Waals surface area contributed by atoms with Crippen LogP contribution in [0.15, 0.2) is 53.6 Å². The SMILES string of the molecule is COc1ccc2c(c1)S[C@@H](c1ccccc1F)CCN2Cc1cnc(C)[nH]1. The van der Waals surface area contributed by atoms with Crippen molar-refractivity contribution in [1.82, 2.24) is 9.97 Å². The molecule has 0 radical (unpaired) electrons. The Kier molecular flexibility index (Phi) is 5.07. The first-order valence-electron chi connectivity index (χ1n) is 8.98. The van der Waals surface area contributed by atoms with Gasteiger partial charge in [0.15, 0.2) is 0 Å². The molecule has 1 N–H and O–H groups in total. The lowest BCUT2D eigenvalue weighted by molar-refractivity contribution is 0.413. The first kappa shape index (κ1) is 17.9. The fraction of sp³-hybridized carbons (Fsp3) is 0.286. The maximum absolute atomic E-state index is 14.4. The summed E-state index contributed by atoms with van der Waals surface area (Å²) >= 11 is 1.71. The number of halogens is 1. The number of nitrogens with zero attached hydrogens (tertiary/aromatic N) is 2. The van der Waals surface area contributed by atoms with Crippen molar-refractivity contribution in [2.75, 3.05) is 18.6 Å². The summed E-state index contributed by atoms with van der Waals surface area (Å²) in [4.78, 5) is 11.0. The maximum Gasteiger partial charge on any atom is 0.127 e. The van der Waals surface area contributed by atoms with E-state index in [1.165, 1.54) is 0 Å². The first-order valence-corrected chi connectivity index (χ1v) is 9.86. The Hall–Kier alpha value is -2.47. The van der Waals surface area contributed by atoms with Crippen LogP contribution >= 0.6 is 11.8 Å². The van der Waals surface area contributed by atoms with Crippen LogP contribution in [0, 0.1) is 12.7 Å². The van der Waals surface area contributed by atoms with Crippen molar-refractivity contribution in [2.24, 2.45) is 0 Å². The lowest BCUT2D eigenvalue weighted by Gasteiger charge is -2.24. The number of fused-ring (bicyclic) bond motifs is 1. The molecule has 4 rings (SSSR count). The molecule has 0 spiro atoms. The van der Waals surface area contributed by atoms with E-state index in [2.05, 4.69) is 20.9 Å². The van der Waals surface area contributed by atoms with Crippen molar-refractivity contribution < 1.29 is 9.13 Å². The van der Waals surface area contributed by atoms with E-state index in [0.29, 0.717) is 0 Å². The summed E-state index contributed by atoms with van der Waals surface area (Å²) in [6, 6.07) is 13.2. The Morgan fingerprint density at radius 1 is 1.30 bits per heavy atom. The van der Waals surface area contributed by atoms with Crippen LogP contribution in [0.1, 0.15) is 28.8 Å². The van der Waals surface area contributed by atoms with Crippen LogP contribution in [0.2, 0.25) is 0 Å². The summed E-state index contributed by atoms with van der Waals surface area (Å²) in [5.74, 6) is 1.58. The number of methoxy groups -OCH3 is 1. The zero-order valence-electron chi connectivity index (χ0n) is 15.4. The van der Waals surface area contributed by atoms with Crippen LogP contribution in [0.5, 0.6) is 5.75 Å². The highest BCUT2D eigenvalue weighted by molar-refractivity contribution is 7.99. The van der Waals surface area contributed by atoms with Gasteiger partial charge in [-0.2, -0.15) is 0 Å². The predicted octanol–water partition coefficient (Wildman–Crippen LogP) is 5.11. The van der Waals surface area contributed by atoms with Crippen LogP contribution in [-0.2, 0) is 6.54 Å². The molecule has 1 aliphatic rings. The second-order valence-corrected chi connectivity index (χ2v) is 7.91. The Morgan fingerprint density at radius 3 is 2.89 bits per heavy atom. The van der Waals surface area contributed by atoms with E-state index in [0.717, 1.165) is 52.9 Å². The van der Waals surface area contributed by atoms with Gasteiger partial charge in [-0.1, -0.05) is 18.2 Å². The molecular weight excluding hydrogens is 361 g/mol. The first-order chi connectivity index (χ1) is 13.1. The minimum Gasteiger partial charge on any atom is -0.497 e. The molecule has 1 aliphatic heterocycles. The number of imidazole rings is 1. The fourth-order valence-electron chi connectivity index (χ4n) is 3.46. The molecule has 0 saturated heterocycles. The molecule has 0 saturated carbocycles. The van der Waals surface area contributed by atoms with Gasteiger partial charge in [0.2, 0.25) is 0 Å². The van der Waals surface area contributed by atoms with Crippen molar-refractivity contribution in [3.05, 3.63) is 71.6 Å². The second kappa shape index (κ2) is 7.64. The Labute approximate surface area is 162 Å². The monoisotopic (exact) mass is 383 g/mol. The fourth-order valence-corrected chi connectivity index (χ4v) is 4.81. The molecule has 2 aromatic carbocycles. The quantitative estimate of drug-likeness (QED) is 0.680. The molecule has 0 fully saturated rings. The highest BCUT2D eigenvalue weighted by atomic mass is 32.2. The van der Waals surface area contributed by atoms with Crippen molar-refractivity contribution in [1.29, 1.82) is 0 Å². The average Bonchev–Trinajstić information content (AvgIpc) is 3.00. The van der Waals surface area contributed by atoms with Gasteiger partial charge in [-0.05, 0) is 37.6 Å². The highest BCUT2D eigenvalue weighted by Gasteiger charge is 2.25. The van der Waals surface area contributed by atoms with E-state index in [1.54, 1.807) is 31.0 Å². The smallest absolute Gasteiger partial charge is 0.127 e. The number of aromatic amines is 1. The molecule has 6 heteroatoms. The molecule has 1 atom stereocenters. The van der Waals surface area contributed by atoms with E-state index < -0.39 is 0 Å². The molecular formula is C21H22FN3OS. The highest BCUT2D eigenvalue weighted by Crippen LogP contribution is 2.47. The van der Waals surface area contributed by atoms with Crippen LogP contribution in [-0.4, -0.2) is 23.6 Å². The Bertz CT molecular complexity index is 943. The maximum atomic E-state index is 14.4. The molecule has 0 aliphatic carbocycles. The lowest BCUT2D eigenvalue weighted by Crippen LogP contribution is -2.24. The third-order valence-corrected chi connectivity index (χ3v) is 6.16. The molecule has 27 heavy (non-hydrogen) atoms. The predicted molar refractivity (Wildman–Crippen MR) is 107 cm³/mol. The number of hydrogen-bond acceptors (Lipinski definition) is 4. The van der Waals surface area contributed by atoms with Gasteiger partial charge in [-0.15, -0.1) is 11.8 Å². The van der Waals surface area contributed by atoms with Gasteiger partial charge >= 0.3 is 0 Å². The van der Waals surface area contributed by atoms with E-state index in [1.807, 2.05) is 37.4 Å². The van der Waals surface area contributed by atoms with Gasteiger partial charge in [0.05, 0.1) is 31.2 Å². The van der Waals surface area contributed by atoms with E-state index >= 15 is 0 Å². The van der Waals surface area contributed by atoms with Gasteiger partial charge in [-0.25, -0.2) is 9.37 Å². The van der Waals surface area contributed by atoms with E-state index in [4.69, 9.17) is 4.74 Å². The number of rotatable bonds is 4. The number of ether oxygens (including phenoxy) is 1. The number of aryl methyl sites for hydroxylation is 1. The number of anilines is 1. The second-order valence-electron chi connectivity index (χ2n) is 6.67. The van der Waals surface area contributed by atoms with Crippen molar-refractivity contribution >= 4 is 17.4 Å². The Balaban J connectivity index is 1.69. The molecule has 140 valence electrons. The summed E-state index contributed by atoms with van der Waals surface area (Å²) in [5.41, 5.74) is 2.98. The number of aromatic nitrogens is 2. The van der Waals surface area contributed by atoms with Gasteiger partial charge in [0.25, 0.3) is 0 Å². The molecule has 4 nitrogen and oxygen atoms in total. The summed E-state index contributed by atoms with van der Waals surface area (Å²) in [5, 5.41) is 0.0607. The van der Waals surface area contributed by atoms with Crippen LogP contribution in [0.3, 0.4) is 0 Å². The standard InChI is InChI=1S/C21H22FN3OS/c1-14-23-12-15(24-14)13-25-10-9-20(17-5-3-4-6-18(17)22)27-21-11-16(26-2)7-8-19(21)25/h3-8,11-12,20H,9-10,13H2,1-2H3,(H,23,24)/t20-/m1/s1. The largest absolute Gasteiger partial charge is 0.497 e. The molecule has 3 aromatic rings. The number of thioether (sulfide) groups is 1. The third kappa shape index (κ3) is 3.81. The zero-order valence-corrected chi connectivity index (χ0v) is 16.2. The zero-order chi connectivity index (χ0) is 18.8. The summed E-state index contributed by atoms with van der Waals surface area (Å²) in [6.45, 7) is 3.53. The van der Waals surface area contributed by atoms with Crippen molar-refractivity contribution in [2.45, 2.75) is 30.0 Å². The molecule has 0 amide bonds. The normalized spacial score (nSPS) is 16.7. The van der Waals surface area contributed by atoms with Gasteiger partial charge in [-0.3, -0.25) is 0 Å². The minimum absolute atomic E-state index is 0.0607. The third-order valence-electron chi connectivity index (χ3n) is 4.81. The van der Waals surface area contributed by atoms with Gasteiger partial charge < -0.3 is 14.6 Å². The summed E-state index contributed by atoms with van der Waals surface area (Å²) in [6.07, 6.45) is 2.74. The van der Waals surface area contributed by atoms with Gasteiger partial charge in [0.1, 0.15) is 17.4 Å². The number of nitrogens with one attached hydrogen (secondary N) is 1. The Morgan fingerprint density at radius 2 is 2.15 bits per heavy atom. The number of hydrogen-bond donors (Lipinski definition) is 1. The van der Waals surface area contributed by atoms with Crippen LogP contribution in [0.25, 0.3) is 0 Å². The van der Waals surface area contributed by atoms with Crippen LogP contribution < -0.4 is 9.64 Å². The molecule has 1 aromatic heterocycles. The van der Waals surface area contributed by atoms with Crippen LogP contribution in [0.4, 0.5) is 10.1 Å². The lowest BCUT2D eigenvalue weighted by atomic mass is 10.1. The minimum atomic E-state index is -0.142. The number of H-pyrrole nitrogens is 1. The van der Waals surface area contributed by atoms with E-state index in [9.17, 15) is 4.39 Å².